The minimum absolute atomic E-state index is 0.106. The summed E-state index contributed by atoms with van der Waals surface area (Å²) in [6, 6.07) is 23.9. The van der Waals surface area contributed by atoms with E-state index >= 15 is 0 Å². The van der Waals surface area contributed by atoms with Crippen molar-refractivity contribution >= 4 is 56.4 Å². The van der Waals surface area contributed by atoms with Gasteiger partial charge in [0.15, 0.2) is 0 Å². The van der Waals surface area contributed by atoms with Crippen LogP contribution in [0.1, 0.15) is 11.1 Å². The van der Waals surface area contributed by atoms with Crippen LogP contribution in [0.25, 0.3) is 17.0 Å². The first-order valence-corrected chi connectivity index (χ1v) is 11.8. The van der Waals surface area contributed by atoms with Crippen LogP contribution >= 0.6 is 15.9 Å². The molecule has 3 aromatic carbocycles. The molecule has 0 bridgehead atoms. The van der Waals surface area contributed by atoms with Crippen molar-refractivity contribution in [3.8, 4) is 0 Å². The second-order valence-electron chi connectivity index (χ2n) is 8.15. The predicted octanol–water partition coefficient (Wildman–Crippen LogP) is 5.14. The summed E-state index contributed by atoms with van der Waals surface area (Å²) in [4.78, 5) is 39.4. The molecule has 1 fully saturated rings. The molecular weight excluding hydrogens is 508 g/mol. The van der Waals surface area contributed by atoms with Crippen molar-refractivity contribution < 1.29 is 14.4 Å². The highest BCUT2D eigenvalue weighted by Crippen LogP contribution is 2.25. The molecule has 5 rings (SSSR count). The molecule has 0 saturated carbocycles. The molecule has 1 aliphatic heterocycles. The average molecular weight is 529 g/mol. The average Bonchev–Trinajstić information content (AvgIpc) is 3.33. The van der Waals surface area contributed by atoms with E-state index in [1.165, 1.54) is 4.90 Å². The van der Waals surface area contributed by atoms with Gasteiger partial charge in [-0.3, -0.25) is 14.5 Å². The fourth-order valence-electron chi connectivity index (χ4n) is 4.04. The van der Waals surface area contributed by atoms with E-state index in [2.05, 4.69) is 26.6 Å². The molecule has 4 aromatic rings. The predicted molar refractivity (Wildman–Crippen MR) is 138 cm³/mol. The number of urea groups is 1. The van der Waals surface area contributed by atoms with Crippen LogP contribution in [0.4, 0.5) is 10.5 Å². The molecule has 1 saturated heterocycles. The van der Waals surface area contributed by atoms with Gasteiger partial charge >= 0.3 is 6.03 Å². The molecule has 4 amide bonds. The topological polar surface area (TPSA) is 83.4 Å². The highest BCUT2D eigenvalue weighted by Gasteiger charge is 2.33. The second-order valence-corrected chi connectivity index (χ2v) is 9.07. The Morgan fingerprint density at radius 3 is 2.43 bits per heavy atom. The number of halogens is 1. The van der Waals surface area contributed by atoms with E-state index in [4.69, 9.17) is 0 Å². The van der Waals surface area contributed by atoms with E-state index in [9.17, 15) is 14.4 Å². The van der Waals surface area contributed by atoms with Gasteiger partial charge in [-0.1, -0.05) is 64.5 Å². The highest BCUT2D eigenvalue weighted by molar-refractivity contribution is 9.10. The molecule has 7 nitrogen and oxygen atoms in total. The molecule has 174 valence electrons. The van der Waals surface area contributed by atoms with E-state index < -0.39 is 11.9 Å². The second kappa shape index (κ2) is 9.60. The molecule has 2 N–H and O–H groups in total. The maximum atomic E-state index is 13.0. The van der Waals surface area contributed by atoms with Gasteiger partial charge in [-0.15, -0.1) is 0 Å². The molecular formula is C27H21BrN4O3. The summed E-state index contributed by atoms with van der Waals surface area (Å²) < 4.78 is 2.76. The van der Waals surface area contributed by atoms with Crippen molar-refractivity contribution in [2.75, 3.05) is 5.32 Å². The van der Waals surface area contributed by atoms with Gasteiger partial charge in [0.1, 0.15) is 12.2 Å². The fourth-order valence-corrected chi connectivity index (χ4v) is 4.31. The van der Waals surface area contributed by atoms with Gasteiger partial charge < -0.3 is 15.2 Å². The van der Waals surface area contributed by atoms with Gasteiger partial charge in [0.2, 0.25) is 5.91 Å². The lowest BCUT2D eigenvalue weighted by Crippen LogP contribution is -2.30. The van der Waals surface area contributed by atoms with Gasteiger partial charge in [-0.2, -0.15) is 0 Å². The lowest BCUT2D eigenvalue weighted by atomic mass is 10.1. The molecule has 2 heterocycles. The number of carbonyl (C=O) groups is 3. The lowest BCUT2D eigenvalue weighted by Gasteiger charge is -2.11. The van der Waals surface area contributed by atoms with E-state index in [0.29, 0.717) is 0 Å². The number of para-hydroxylation sites is 2. The zero-order chi connectivity index (χ0) is 24.4. The first kappa shape index (κ1) is 22.6. The smallest absolute Gasteiger partial charge is 0.329 e. The molecule has 0 aliphatic carbocycles. The van der Waals surface area contributed by atoms with Crippen LogP contribution in [0.2, 0.25) is 0 Å². The van der Waals surface area contributed by atoms with Crippen LogP contribution in [0, 0.1) is 0 Å². The minimum Gasteiger partial charge on any atom is -0.337 e. The van der Waals surface area contributed by atoms with Gasteiger partial charge in [-0.05, 0) is 42.0 Å². The van der Waals surface area contributed by atoms with E-state index in [-0.39, 0.29) is 24.7 Å². The van der Waals surface area contributed by atoms with Crippen LogP contribution < -0.4 is 10.6 Å². The Morgan fingerprint density at radius 2 is 1.66 bits per heavy atom. The van der Waals surface area contributed by atoms with Crippen LogP contribution in [-0.4, -0.2) is 27.3 Å². The fraction of sp³-hybridized carbons (Fsp3) is 0.0741. The Bertz CT molecular complexity index is 1460. The molecule has 1 aliphatic rings. The van der Waals surface area contributed by atoms with Crippen LogP contribution in [-0.2, 0) is 22.7 Å². The number of aromatic nitrogens is 1. The largest absolute Gasteiger partial charge is 0.337 e. The third-order valence-corrected chi connectivity index (χ3v) is 6.24. The number of carbonyl (C=O) groups excluding carboxylic acids is 3. The normalized spacial score (nSPS) is 14.5. The Balaban J connectivity index is 1.39. The van der Waals surface area contributed by atoms with Crippen molar-refractivity contribution in [2.24, 2.45) is 0 Å². The van der Waals surface area contributed by atoms with Gasteiger partial charge in [0, 0.05) is 32.8 Å². The van der Waals surface area contributed by atoms with Crippen LogP contribution in [0.15, 0.2) is 95.2 Å². The number of imide groups is 1. The standard InChI is InChI=1S/C27H21BrN4O3/c28-20-12-10-18(11-13-20)15-32-26(34)23(30-27(32)35)14-19-16-31(24-9-5-4-8-22(19)24)17-25(33)29-21-6-2-1-3-7-21/h1-14,16H,15,17H2,(H,29,33)(H,30,35)/b23-14+. The summed E-state index contributed by atoms with van der Waals surface area (Å²) in [6.07, 6.45) is 3.48. The quantitative estimate of drug-likeness (QED) is 0.268. The molecule has 8 heteroatoms. The monoisotopic (exact) mass is 528 g/mol. The maximum absolute atomic E-state index is 13.0. The van der Waals surface area contributed by atoms with Crippen LogP contribution in [0.5, 0.6) is 0 Å². The molecule has 0 radical (unpaired) electrons. The number of amides is 4. The minimum atomic E-state index is -0.463. The Labute approximate surface area is 210 Å². The maximum Gasteiger partial charge on any atom is 0.329 e. The third-order valence-electron chi connectivity index (χ3n) is 5.71. The zero-order valence-corrected chi connectivity index (χ0v) is 20.2. The molecule has 0 spiro atoms. The van der Waals surface area contributed by atoms with Crippen molar-refractivity contribution in [1.29, 1.82) is 0 Å². The number of anilines is 1. The van der Waals surface area contributed by atoms with Crippen molar-refractivity contribution in [2.45, 2.75) is 13.1 Å². The Morgan fingerprint density at radius 1 is 0.943 bits per heavy atom. The number of rotatable bonds is 6. The first-order chi connectivity index (χ1) is 17.0. The number of nitrogens with zero attached hydrogens (tertiary/aromatic N) is 2. The third kappa shape index (κ3) is 4.88. The SMILES string of the molecule is O=C(Cn1cc(/C=C2/NC(=O)N(Cc3ccc(Br)cc3)C2=O)c2ccccc21)Nc1ccccc1. The Kier molecular flexibility index (Phi) is 6.20. The van der Waals surface area contributed by atoms with Gasteiger partial charge in [-0.25, -0.2) is 4.79 Å². The van der Waals surface area contributed by atoms with E-state index in [1.807, 2.05) is 89.6 Å². The molecule has 1 aromatic heterocycles. The summed E-state index contributed by atoms with van der Waals surface area (Å²) in [6.45, 7) is 0.283. The number of hydrogen-bond donors (Lipinski definition) is 2. The summed E-state index contributed by atoms with van der Waals surface area (Å²) in [5.74, 6) is -0.557. The van der Waals surface area contributed by atoms with Crippen LogP contribution in [0.3, 0.4) is 0 Å². The lowest BCUT2D eigenvalue weighted by molar-refractivity contribution is -0.123. The molecule has 35 heavy (non-hydrogen) atoms. The molecule has 0 atom stereocenters. The van der Waals surface area contributed by atoms with Gasteiger partial charge in [0.25, 0.3) is 5.91 Å². The van der Waals surface area contributed by atoms with Crippen molar-refractivity contribution in [3.05, 3.63) is 106 Å². The van der Waals surface area contributed by atoms with Gasteiger partial charge in [0.05, 0.1) is 6.54 Å². The van der Waals surface area contributed by atoms with Crippen molar-refractivity contribution in [1.82, 2.24) is 14.8 Å². The summed E-state index contributed by atoms with van der Waals surface area (Å²) in [5, 5.41) is 6.44. The van der Waals surface area contributed by atoms with Crippen molar-refractivity contribution in [3.63, 3.8) is 0 Å². The summed E-state index contributed by atoms with van der Waals surface area (Å²) in [5.41, 5.74) is 3.36. The number of hydrogen-bond acceptors (Lipinski definition) is 3. The molecule has 0 unspecified atom stereocenters. The number of fused-ring (bicyclic) bond motifs is 1. The van der Waals surface area contributed by atoms with E-state index in [0.717, 1.165) is 32.2 Å². The number of nitrogens with one attached hydrogen (secondary N) is 2. The first-order valence-electron chi connectivity index (χ1n) is 11.0. The summed E-state index contributed by atoms with van der Waals surface area (Å²) in [7, 11) is 0. The summed E-state index contributed by atoms with van der Waals surface area (Å²) >= 11 is 3.39. The zero-order valence-electron chi connectivity index (χ0n) is 18.6. The highest BCUT2D eigenvalue weighted by atomic mass is 79.9. The number of benzene rings is 3. The van der Waals surface area contributed by atoms with E-state index in [1.54, 1.807) is 6.08 Å². The Hall–Kier alpha value is -4.17.